The van der Waals surface area contributed by atoms with Crippen LogP contribution in [-0.4, -0.2) is 20.6 Å². The number of rotatable bonds is 3. The van der Waals surface area contributed by atoms with Gasteiger partial charge in [-0.15, -0.1) is 0 Å². The number of hydrogen-bond donors (Lipinski definition) is 1. The van der Waals surface area contributed by atoms with Gasteiger partial charge in [-0.05, 0) is 13.0 Å². The molecule has 0 fully saturated rings. The Morgan fingerprint density at radius 3 is 3.00 bits per heavy atom. The Morgan fingerprint density at radius 1 is 1.67 bits per heavy atom. The quantitative estimate of drug-likeness (QED) is 0.832. The van der Waals surface area contributed by atoms with Crippen molar-refractivity contribution in [1.82, 2.24) is 9.55 Å². The number of aryl methyl sites for hydroxylation is 1. The zero-order valence-electron chi connectivity index (χ0n) is 8.17. The maximum Gasteiger partial charge on any atom is 0.356 e. The Kier molecular flexibility index (Phi) is 2.29. The number of imidazole rings is 1. The number of carbonyl (C=O) groups is 1. The molecule has 2 heterocycles. The van der Waals surface area contributed by atoms with Gasteiger partial charge < -0.3 is 14.1 Å². The third kappa shape index (κ3) is 1.63. The summed E-state index contributed by atoms with van der Waals surface area (Å²) in [4.78, 5) is 14.8. The van der Waals surface area contributed by atoms with Crippen LogP contribution in [0.15, 0.2) is 29.2 Å². The van der Waals surface area contributed by atoms with Gasteiger partial charge in [0.15, 0.2) is 5.69 Å². The van der Waals surface area contributed by atoms with Crippen LogP contribution in [-0.2, 0) is 6.54 Å². The third-order valence-electron chi connectivity index (χ3n) is 2.12. The highest BCUT2D eigenvalue weighted by Gasteiger charge is 2.14. The van der Waals surface area contributed by atoms with Gasteiger partial charge in [0.1, 0.15) is 12.1 Å². The van der Waals surface area contributed by atoms with Crippen LogP contribution < -0.4 is 0 Å². The summed E-state index contributed by atoms with van der Waals surface area (Å²) in [7, 11) is 0. The first-order chi connectivity index (χ1) is 7.22. The zero-order chi connectivity index (χ0) is 10.8. The molecule has 2 aromatic rings. The van der Waals surface area contributed by atoms with Crippen LogP contribution in [0.2, 0.25) is 0 Å². The van der Waals surface area contributed by atoms with Gasteiger partial charge in [0.25, 0.3) is 0 Å². The molecule has 0 aliphatic heterocycles. The van der Waals surface area contributed by atoms with Gasteiger partial charge in [0.05, 0.1) is 11.8 Å². The standard InChI is InChI=1S/C10H10N2O3/c1-2-12-5-8(10(13)14)11-9(12)7-3-4-15-6-7/h3-6H,2H2,1H3,(H,13,14). The maximum absolute atomic E-state index is 10.8. The van der Waals surface area contributed by atoms with Crippen LogP contribution in [0.3, 0.4) is 0 Å². The second-order valence-corrected chi connectivity index (χ2v) is 3.05. The summed E-state index contributed by atoms with van der Waals surface area (Å²) in [5.74, 6) is -0.407. The minimum atomic E-state index is -1.02. The molecular formula is C10H10N2O3. The van der Waals surface area contributed by atoms with E-state index in [0.29, 0.717) is 12.4 Å². The van der Waals surface area contributed by atoms with Crippen molar-refractivity contribution in [1.29, 1.82) is 0 Å². The highest BCUT2D eigenvalue weighted by molar-refractivity contribution is 5.86. The van der Waals surface area contributed by atoms with E-state index in [1.165, 1.54) is 12.5 Å². The largest absolute Gasteiger partial charge is 0.476 e. The Hall–Kier alpha value is -2.04. The van der Waals surface area contributed by atoms with Crippen molar-refractivity contribution >= 4 is 5.97 Å². The van der Waals surface area contributed by atoms with E-state index in [1.807, 2.05) is 6.92 Å². The van der Waals surface area contributed by atoms with Gasteiger partial charge in [-0.1, -0.05) is 0 Å². The molecule has 0 amide bonds. The molecule has 5 nitrogen and oxygen atoms in total. The normalized spacial score (nSPS) is 10.5. The SMILES string of the molecule is CCn1cc(C(=O)O)nc1-c1ccoc1. The molecule has 0 aliphatic rings. The first kappa shape index (κ1) is 9.51. The number of nitrogens with zero attached hydrogens (tertiary/aromatic N) is 2. The van der Waals surface area contributed by atoms with E-state index in [-0.39, 0.29) is 5.69 Å². The first-order valence-corrected chi connectivity index (χ1v) is 4.55. The van der Waals surface area contributed by atoms with Crippen LogP contribution in [0.1, 0.15) is 17.4 Å². The smallest absolute Gasteiger partial charge is 0.356 e. The average Bonchev–Trinajstić information content (AvgIpc) is 2.86. The lowest BCUT2D eigenvalue weighted by Crippen LogP contribution is -1.95. The summed E-state index contributed by atoms with van der Waals surface area (Å²) >= 11 is 0. The predicted octanol–water partition coefficient (Wildman–Crippen LogP) is 1.86. The summed E-state index contributed by atoms with van der Waals surface area (Å²) in [6, 6.07) is 1.75. The molecule has 0 atom stereocenters. The predicted molar refractivity (Wildman–Crippen MR) is 52.6 cm³/mol. The van der Waals surface area contributed by atoms with E-state index in [9.17, 15) is 4.79 Å². The zero-order valence-corrected chi connectivity index (χ0v) is 8.17. The maximum atomic E-state index is 10.8. The molecule has 78 valence electrons. The Balaban J connectivity index is 2.51. The van der Waals surface area contributed by atoms with Crippen LogP contribution in [0.4, 0.5) is 0 Å². The number of aromatic nitrogens is 2. The summed E-state index contributed by atoms with van der Waals surface area (Å²) in [5, 5.41) is 8.82. The molecule has 2 rings (SSSR count). The summed E-state index contributed by atoms with van der Waals surface area (Å²) < 4.78 is 6.71. The van der Waals surface area contributed by atoms with Crippen molar-refractivity contribution < 1.29 is 14.3 Å². The van der Waals surface area contributed by atoms with Crippen molar-refractivity contribution in [3.63, 3.8) is 0 Å². The van der Waals surface area contributed by atoms with Crippen molar-refractivity contribution in [2.75, 3.05) is 0 Å². The van der Waals surface area contributed by atoms with Crippen molar-refractivity contribution in [3.05, 3.63) is 30.5 Å². The van der Waals surface area contributed by atoms with Gasteiger partial charge in [-0.25, -0.2) is 9.78 Å². The van der Waals surface area contributed by atoms with E-state index in [4.69, 9.17) is 9.52 Å². The van der Waals surface area contributed by atoms with Crippen molar-refractivity contribution in [2.24, 2.45) is 0 Å². The fraction of sp³-hybridized carbons (Fsp3) is 0.200. The fourth-order valence-corrected chi connectivity index (χ4v) is 1.38. The van der Waals surface area contributed by atoms with Crippen LogP contribution in [0, 0.1) is 0 Å². The highest BCUT2D eigenvalue weighted by Crippen LogP contribution is 2.19. The van der Waals surface area contributed by atoms with E-state index in [0.717, 1.165) is 5.56 Å². The topological polar surface area (TPSA) is 68.3 Å². The lowest BCUT2D eigenvalue weighted by Gasteiger charge is -1.99. The van der Waals surface area contributed by atoms with Crippen molar-refractivity contribution in [2.45, 2.75) is 13.5 Å². The molecule has 2 aromatic heterocycles. The Bertz CT molecular complexity index is 471. The Morgan fingerprint density at radius 2 is 2.47 bits per heavy atom. The van der Waals surface area contributed by atoms with Gasteiger partial charge in [-0.2, -0.15) is 0 Å². The second-order valence-electron chi connectivity index (χ2n) is 3.05. The van der Waals surface area contributed by atoms with Gasteiger partial charge in [-0.3, -0.25) is 0 Å². The average molecular weight is 206 g/mol. The molecule has 0 radical (unpaired) electrons. The highest BCUT2D eigenvalue weighted by atomic mass is 16.4. The van der Waals surface area contributed by atoms with Gasteiger partial charge in [0.2, 0.25) is 0 Å². The molecule has 5 heteroatoms. The fourth-order valence-electron chi connectivity index (χ4n) is 1.38. The molecule has 15 heavy (non-hydrogen) atoms. The lowest BCUT2D eigenvalue weighted by molar-refractivity contribution is 0.0691. The minimum Gasteiger partial charge on any atom is -0.476 e. The lowest BCUT2D eigenvalue weighted by atomic mass is 10.3. The molecule has 0 unspecified atom stereocenters. The number of aromatic carboxylic acids is 1. The number of furan rings is 1. The van der Waals surface area contributed by atoms with E-state index >= 15 is 0 Å². The monoisotopic (exact) mass is 206 g/mol. The summed E-state index contributed by atoms with van der Waals surface area (Å²) in [5.41, 5.74) is 0.831. The third-order valence-corrected chi connectivity index (χ3v) is 2.12. The number of carboxylic acid groups (broad SMARTS) is 1. The van der Waals surface area contributed by atoms with Crippen LogP contribution >= 0.6 is 0 Å². The molecule has 0 aromatic carbocycles. The number of carboxylic acids is 1. The van der Waals surface area contributed by atoms with E-state index in [2.05, 4.69) is 4.98 Å². The van der Waals surface area contributed by atoms with Gasteiger partial charge in [0, 0.05) is 12.7 Å². The van der Waals surface area contributed by atoms with E-state index < -0.39 is 5.97 Å². The second kappa shape index (κ2) is 3.61. The molecule has 0 bridgehead atoms. The van der Waals surface area contributed by atoms with Gasteiger partial charge >= 0.3 is 5.97 Å². The summed E-state index contributed by atoms with van der Waals surface area (Å²) in [6.45, 7) is 2.59. The van der Waals surface area contributed by atoms with Crippen LogP contribution in [0.5, 0.6) is 0 Å². The van der Waals surface area contributed by atoms with E-state index in [1.54, 1.807) is 16.9 Å². The molecular weight excluding hydrogens is 196 g/mol. The first-order valence-electron chi connectivity index (χ1n) is 4.55. The molecule has 0 aliphatic carbocycles. The van der Waals surface area contributed by atoms with Crippen molar-refractivity contribution in [3.8, 4) is 11.4 Å². The molecule has 0 saturated carbocycles. The molecule has 0 spiro atoms. The minimum absolute atomic E-state index is 0.0491. The molecule has 0 saturated heterocycles. The molecule has 1 N–H and O–H groups in total. The Labute approximate surface area is 86.0 Å². The van der Waals surface area contributed by atoms with Crippen LogP contribution in [0.25, 0.3) is 11.4 Å². The number of hydrogen-bond acceptors (Lipinski definition) is 3. The summed E-state index contributed by atoms with van der Waals surface area (Å²) in [6.07, 6.45) is 4.59.